The third-order valence-electron chi connectivity index (χ3n) is 4.79. The first-order valence-electron chi connectivity index (χ1n) is 8.74. The second kappa shape index (κ2) is 7.49. The van der Waals surface area contributed by atoms with E-state index in [1.807, 2.05) is 68.5 Å². The first kappa shape index (κ1) is 17.8. The van der Waals surface area contributed by atoms with Gasteiger partial charge < -0.3 is 9.64 Å². The standard InChI is InChI=1S/C21H24N4O/c1-15-21(14-26-20-7-5-6-19(12-20)24(3)4)16(2)25(23-15)18-10-8-17(13-22)9-11-18/h5-12,16,21H,14H2,1-4H3. The quantitative estimate of drug-likeness (QED) is 0.822. The first-order chi connectivity index (χ1) is 12.5. The Balaban J connectivity index is 1.69. The van der Waals surface area contributed by atoms with Gasteiger partial charge >= 0.3 is 0 Å². The molecule has 2 aromatic carbocycles. The average molecular weight is 348 g/mol. The van der Waals surface area contributed by atoms with Crippen molar-refractivity contribution in [2.45, 2.75) is 19.9 Å². The molecular weight excluding hydrogens is 324 g/mol. The van der Waals surface area contributed by atoms with E-state index in [-0.39, 0.29) is 12.0 Å². The molecule has 0 radical (unpaired) electrons. The fourth-order valence-corrected chi connectivity index (χ4v) is 3.13. The summed E-state index contributed by atoms with van der Waals surface area (Å²) in [5.41, 5.74) is 3.83. The normalized spacial score (nSPS) is 19.0. The van der Waals surface area contributed by atoms with E-state index in [9.17, 15) is 0 Å². The van der Waals surface area contributed by atoms with Crippen LogP contribution in [0.25, 0.3) is 0 Å². The minimum Gasteiger partial charge on any atom is -0.493 e. The van der Waals surface area contributed by atoms with Crippen molar-refractivity contribution in [1.82, 2.24) is 0 Å². The largest absolute Gasteiger partial charge is 0.493 e. The summed E-state index contributed by atoms with van der Waals surface area (Å²) in [6.07, 6.45) is 0. The molecule has 1 heterocycles. The third-order valence-corrected chi connectivity index (χ3v) is 4.79. The van der Waals surface area contributed by atoms with Crippen LogP contribution in [0.4, 0.5) is 11.4 Å². The smallest absolute Gasteiger partial charge is 0.121 e. The maximum atomic E-state index is 8.95. The zero-order chi connectivity index (χ0) is 18.7. The second-order valence-corrected chi connectivity index (χ2v) is 6.79. The van der Waals surface area contributed by atoms with Gasteiger partial charge in [-0.3, -0.25) is 5.01 Å². The Bertz CT molecular complexity index is 836. The molecule has 0 aromatic heterocycles. The fraction of sp³-hybridized carbons (Fsp3) is 0.333. The number of hydrogen-bond donors (Lipinski definition) is 0. The lowest BCUT2D eigenvalue weighted by molar-refractivity contribution is 0.273. The third kappa shape index (κ3) is 3.65. The number of ether oxygens (including phenoxy) is 1. The van der Waals surface area contributed by atoms with Crippen LogP contribution in [0.2, 0.25) is 0 Å². The molecule has 1 aliphatic rings. The Hall–Kier alpha value is -3.00. The SMILES string of the molecule is CC1=NN(c2ccc(C#N)cc2)C(C)C1COc1cccc(N(C)C)c1. The van der Waals surface area contributed by atoms with Crippen LogP contribution in [0.3, 0.4) is 0 Å². The van der Waals surface area contributed by atoms with Gasteiger partial charge in [-0.1, -0.05) is 6.07 Å². The molecule has 26 heavy (non-hydrogen) atoms. The van der Waals surface area contributed by atoms with E-state index in [0.29, 0.717) is 12.2 Å². The van der Waals surface area contributed by atoms with Crippen LogP contribution >= 0.6 is 0 Å². The fourth-order valence-electron chi connectivity index (χ4n) is 3.13. The number of hydrazone groups is 1. The molecule has 5 nitrogen and oxygen atoms in total. The summed E-state index contributed by atoms with van der Waals surface area (Å²) >= 11 is 0. The lowest BCUT2D eigenvalue weighted by atomic mass is 9.98. The maximum Gasteiger partial charge on any atom is 0.121 e. The van der Waals surface area contributed by atoms with Crippen LogP contribution in [-0.4, -0.2) is 32.5 Å². The lowest BCUT2D eigenvalue weighted by Gasteiger charge is -2.25. The van der Waals surface area contributed by atoms with Gasteiger partial charge in [0.25, 0.3) is 0 Å². The zero-order valence-corrected chi connectivity index (χ0v) is 15.7. The molecule has 1 aliphatic heterocycles. The molecule has 0 N–H and O–H groups in total. The number of hydrogen-bond acceptors (Lipinski definition) is 5. The summed E-state index contributed by atoms with van der Waals surface area (Å²) < 4.78 is 6.07. The Morgan fingerprint density at radius 3 is 2.58 bits per heavy atom. The highest BCUT2D eigenvalue weighted by Gasteiger charge is 2.33. The van der Waals surface area contributed by atoms with Gasteiger partial charge in [0.05, 0.1) is 35.9 Å². The van der Waals surface area contributed by atoms with E-state index in [2.05, 4.69) is 24.0 Å². The van der Waals surface area contributed by atoms with Crippen molar-refractivity contribution in [1.29, 1.82) is 5.26 Å². The molecule has 3 rings (SSSR count). The topological polar surface area (TPSA) is 51.9 Å². The van der Waals surface area contributed by atoms with Crippen LogP contribution < -0.4 is 14.6 Å². The van der Waals surface area contributed by atoms with Gasteiger partial charge in [0.15, 0.2) is 0 Å². The Kier molecular flexibility index (Phi) is 5.13. The molecular formula is C21H24N4O. The highest BCUT2D eigenvalue weighted by molar-refractivity contribution is 5.89. The maximum absolute atomic E-state index is 8.95. The van der Waals surface area contributed by atoms with Gasteiger partial charge in [0.1, 0.15) is 5.75 Å². The zero-order valence-electron chi connectivity index (χ0n) is 15.7. The van der Waals surface area contributed by atoms with Crippen LogP contribution in [0, 0.1) is 17.2 Å². The second-order valence-electron chi connectivity index (χ2n) is 6.79. The molecule has 0 saturated carbocycles. The molecule has 0 spiro atoms. The average Bonchev–Trinajstić information content (AvgIpc) is 2.94. The number of benzene rings is 2. The van der Waals surface area contributed by atoms with E-state index in [4.69, 9.17) is 15.1 Å². The number of nitrogens with zero attached hydrogens (tertiary/aromatic N) is 4. The summed E-state index contributed by atoms with van der Waals surface area (Å²) in [6, 6.07) is 18.0. The Morgan fingerprint density at radius 1 is 1.19 bits per heavy atom. The van der Waals surface area contributed by atoms with E-state index in [0.717, 1.165) is 22.8 Å². The summed E-state index contributed by atoms with van der Waals surface area (Å²) in [5, 5.41) is 15.7. The summed E-state index contributed by atoms with van der Waals surface area (Å²) in [7, 11) is 4.04. The van der Waals surface area contributed by atoms with Crippen molar-refractivity contribution in [2.75, 3.05) is 30.6 Å². The van der Waals surface area contributed by atoms with Crippen molar-refractivity contribution >= 4 is 17.1 Å². The molecule has 134 valence electrons. The molecule has 0 fully saturated rings. The summed E-state index contributed by atoms with van der Waals surface area (Å²) in [6.45, 7) is 4.78. The molecule has 2 unspecified atom stereocenters. The van der Waals surface area contributed by atoms with Gasteiger partial charge in [-0.2, -0.15) is 10.4 Å². The van der Waals surface area contributed by atoms with Crippen molar-refractivity contribution in [3.8, 4) is 11.8 Å². The van der Waals surface area contributed by atoms with Gasteiger partial charge in [-0.05, 0) is 50.2 Å². The van der Waals surface area contributed by atoms with Crippen LogP contribution in [0.1, 0.15) is 19.4 Å². The molecule has 2 aromatic rings. The molecule has 0 saturated heterocycles. The predicted molar refractivity (Wildman–Crippen MR) is 106 cm³/mol. The number of anilines is 2. The lowest BCUT2D eigenvalue weighted by Crippen LogP contribution is -2.33. The monoisotopic (exact) mass is 348 g/mol. The number of nitriles is 1. The van der Waals surface area contributed by atoms with Gasteiger partial charge in [0, 0.05) is 31.6 Å². The number of rotatable bonds is 5. The van der Waals surface area contributed by atoms with E-state index < -0.39 is 0 Å². The van der Waals surface area contributed by atoms with Crippen molar-refractivity contribution < 1.29 is 4.74 Å². The van der Waals surface area contributed by atoms with E-state index in [1.165, 1.54) is 0 Å². The minimum atomic E-state index is 0.194. The van der Waals surface area contributed by atoms with Crippen LogP contribution in [0.5, 0.6) is 5.75 Å². The Morgan fingerprint density at radius 2 is 1.92 bits per heavy atom. The molecule has 0 aliphatic carbocycles. The van der Waals surface area contributed by atoms with Crippen LogP contribution in [0.15, 0.2) is 53.6 Å². The van der Waals surface area contributed by atoms with Gasteiger partial charge in [-0.15, -0.1) is 0 Å². The highest BCUT2D eigenvalue weighted by Crippen LogP contribution is 2.29. The first-order valence-corrected chi connectivity index (χ1v) is 8.74. The molecule has 0 amide bonds. The predicted octanol–water partition coefficient (Wildman–Crippen LogP) is 3.90. The minimum absolute atomic E-state index is 0.194. The van der Waals surface area contributed by atoms with Crippen molar-refractivity contribution in [3.05, 3.63) is 54.1 Å². The molecule has 5 heteroatoms. The summed E-state index contributed by atoms with van der Waals surface area (Å²) in [4.78, 5) is 2.06. The van der Waals surface area contributed by atoms with E-state index in [1.54, 1.807) is 0 Å². The van der Waals surface area contributed by atoms with Gasteiger partial charge in [0.2, 0.25) is 0 Å². The molecule has 0 bridgehead atoms. The van der Waals surface area contributed by atoms with Crippen LogP contribution in [-0.2, 0) is 0 Å². The van der Waals surface area contributed by atoms with Gasteiger partial charge in [-0.25, -0.2) is 0 Å². The van der Waals surface area contributed by atoms with E-state index >= 15 is 0 Å². The highest BCUT2D eigenvalue weighted by atomic mass is 16.5. The molecule has 2 atom stereocenters. The van der Waals surface area contributed by atoms with Crippen molar-refractivity contribution in [3.63, 3.8) is 0 Å². The summed E-state index contributed by atoms with van der Waals surface area (Å²) in [5.74, 6) is 1.08. The van der Waals surface area contributed by atoms with Crippen molar-refractivity contribution in [2.24, 2.45) is 11.0 Å². The Labute approximate surface area is 155 Å².